The first-order valence-electron chi connectivity index (χ1n) is 9.67. The molecule has 1 amide bonds. The molecule has 0 atom stereocenters. The quantitative estimate of drug-likeness (QED) is 0.407. The Kier molecular flexibility index (Phi) is 7.33. The van der Waals surface area contributed by atoms with Crippen molar-refractivity contribution in [1.82, 2.24) is 5.32 Å². The zero-order valence-corrected chi connectivity index (χ0v) is 15.9. The van der Waals surface area contributed by atoms with Gasteiger partial charge in [0.1, 0.15) is 0 Å². The van der Waals surface area contributed by atoms with Crippen LogP contribution in [0.3, 0.4) is 0 Å². The van der Waals surface area contributed by atoms with Crippen LogP contribution in [0.4, 0.5) is 0 Å². The van der Waals surface area contributed by atoms with E-state index in [0.29, 0.717) is 30.7 Å². The average Bonchev–Trinajstić information content (AvgIpc) is 3.16. The summed E-state index contributed by atoms with van der Waals surface area (Å²) in [6.07, 6.45) is 7.41. The molecule has 0 spiro atoms. The van der Waals surface area contributed by atoms with Crippen molar-refractivity contribution in [1.29, 1.82) is 0 Å². The second kappa shape index (κ2) is 10.2. The van der Waals surface area contributed by atoms with Gasteiger partial charge in [-0.3, -0.25) is 4.79 Å². The minimum atomic E-state index is -0.185. The van der Waals surface area contributed by atoms with Crippen molar-refractivity contribution >= 4 is 11.6 Å². The summed E-state index contributed by atoms with van der Waals surface area (Å²) in [6.45, 7) is 3.22. The molecule has 148 valence electrons. The van der Waals surface area contributed by atoms with Gasteiger partial charge >= 0.3 is 0 Å². The number of benzene rings is 1. The largest absolute Gasteiger partial charge is 0.454 e. The predicted molar refractivity (Wildman–Crippen MR) is 101 cm³/mol. The fourth-order valence-corrected chi connectivity index (χ4v) is 3.19. The van der Waals surface area contributed by atoms with Crippen molar-refractivity contribution in [3.05, 3.63) is 23.8 Å². The first kappa shape index (κ1) is 19.5. The topological polar surface area (TPSA) is 78.4 Å². The number of rotatable bonds is 9. The summed E-state index contributed by atoms with van der Waals surface area (Å²) in [5.74, 6) is 1.23. The Morgan fingerprint density at radius 2 is 2.04 bits per heavy atom. The van der Waals surface area contributed by atoms with Gasteiger partial charge in [0.15, 0.2) is 18.1 Å². The van der Waals surface area contributed by atoms with E-state index in [1.165, 1.54) is 32.1 Å². The molecule has 27 heavy (non-hydrogen) atoms. The van der Waals surface area contributed by atoms with E-state index in [-0.39, 0.29) is 19.3 Å². The second-order valence-electron chi connectivity index (χ2n) is 6.85. The molecule has 1 heterocycles. The number of oxime groups is 1. The molecular formula is C20H28N2O5. The van der Waals surface area contributed by atoms with E-state index in [0.717, 1.165) is 17.7 Å². The average molecular weight is 376 g/mol. The monoisotopic (exact) mass is 376 g/mol. The third-order valence-electron chi connectivity index (χ3n) is 4.74. The van der Waals surface area contributed by atoms with Crippen molar-refractivity contribution < 1.29 is 23.8 Å². The number of fused-ring (bicyclic) bond motifs is 1. The SMILES string of the molecule is C/C(=N/OCC(=O)NCCCOC1CCCCC1)c1ccc2c(c1)OCO2. The highest BCUT2D eigenvalue weighted by Gasteiger charge is 2.15. The predicted octanol–water partition coefficient (Wildman–Crippen LogP) is 3.01. The van der Waals surface area contributed by atoms with Crippen LogP contribution in [0.2, 0.25) is 0 Å². The zero-order valence-electron chi connectivity index (χ0n) is 15.9. The molecule has 1 N–H and O–H groups in total. The molecule has 0 aromatic heterocycles. The van der Waals surface area contributed by atoms with E-state index in [9.17, 15) is 4.79 Å². The molecule has 1 aromatic carbocycles. The standard InChI is InChI=1S/C20H28N2O5/c1-15(16-8-9-18-19(12-16)26-14-25-18)22-27-13-20(23)21-10-5-11-24-17-6-3-2-4-7-17/h8-9,12,17H,2-7,10-11,13-14H2,1H3,(H,21,23)/b22-15-. The van der Waals surface area contributed by atoms with Crippen LogP contribution in [0.15, 0.2) is 23.4 Å². The second-order valence-corrected chi connectivity index (χ2v) is 6.85. The van der Waals surface area contributed by atoms with Gasteiger partial charge in [-0.05, 0) is 44.4 Å². The van der Waals surface area contributed by atoms with E-state index in [1.807, 2.05) is 25.1 Å². The Morgan fingerprint density at radius 3 is 2.89 bits per heavy atom. The number of hydrogen-bond donors (Lipinski definition) is 1. The maximum atomic E-state index is 11.8. The number of ether oxygens (including phenoxy) is 3. The van der Waals surface area contributed by atoms with Gasteiger partial charge in [0.2, 0.25) is 6.79 Å². The number of nitrogens with one attached hydrogen (secondary N) is 1. The highest BCUT2D eigenvalue weighted by Crippen LogP contribution is 2.32. The molecule has 7 heteroatoms. The van der Waals surface area contributed by atoms with Gasteiger partial charge < -0.3 is 24.4 Å². The molecule has 3 rings (SSSR count). The van der Waals surface area contributed by atoms with Crippen LogP contribution in [-0.4, -0.2) is 44.3 Å². The molecule has 1 aliphatic carbocycles. The van der Waals surface area contributed by atoms with Gasteiger partial charge in [-0.25, -0.2) is 0 Å². The van der Waals surface area contributed by atoms with Crippen molar-refractivity contribution in [2.75, 3.05) is 26.6 Å². The summed E-state index contributed by atoms with van der Waals surface area (Å²) in [4.78, 5) is 17.0. The van der Waals surface area contributed by atoms with Crippen molar-refractivity contribution in [2.24, 2.45) is 5.16 Å². The van der Waals surface area contributed by atoms with Crippen molar-refractivity contribution in [3.8, 4) is 11.5 Å². The lowest BCUT2D eigenvalue weighted by Crippen LogP contribution is -2.29. The molecular weight excluding hydrogens is 348 g/mol. The molecule has 0 unspecified atom stereocenters. The van der Waals surface area contributed by atoms with Crippen LogP contribution < -0.4 is 14.8 Å². The van der Waals surface area contributed by atoms with Gasteiger partial charge in [-0.1, -0.05) is 24.4 Å². The maximum absolute atomic E-state index is 11.8. The first-order valence-corrected chi connectivity index (χ1v) is 9.67. The Balaban J connectivity index is 1.29. The van der Waals surface area contributed by atoms with Crippen LogP contribution in [0.5, 0.6) is 11.5 Å². The van der Waals surface area contributed by atoms with Crippen molar-refractivity contribution in [3.63, 3.8) is 0 Å². The molecule has 1 fully saturated rings. The van der Waals surface area contributed by atoms with E-state index >= 15 is 0 Å². The molecule has 0 radical (unpaired) electrons. The first-order chi connectivity index (χ1) is 13.2. The lowest BCUT2D eigenvalue weighted by molar-refractivity contribution is -0.125. The molecule has 1 aliphatic heterocycles. The van der Waals surface area contributed by atoms with E-state index in [4.69, 9.17) is 19.0 Å². The van der Waals surface area contributed by atoms with Crippen LogP contribution in [0.1, 0.15) is 51.0 Å². The smallest absolute Gasteiger partial charge is 0.260 e. The molecule has 0 bridgehead atoms. The molecule has 7 nitrogen and oxygen atoms in total. The Bertz CT molecular complexity index is 656. The zero-order chi connectivity index (χ0) is 18.9. The number of amides is 1. The highest BCUT2D eigenvalue weighted by molar-refractivity contribution is 5.99. The van der Waals surface area contributed by atoms with Crippen LogP contribution in [0.25, 0.3) is 0 Å². The van der Waals surface area contributed by atoms with Gasteiger partial charge in [0.05, 0.1) is 11.8 Å². The Morgan fingerprint density at radius 1 is 1.22 bits per heavy atom. The Hall–Kier alpha value is -2.28. The normalized spacial score (nSPS) is 17.0. The van der Waals surface area contributed by atoms with Gasteiger partial charge in [0, 0.05) is 18.7 Å². The summed E-state index contributed by atoms with van der Waals surface area (Å²) >= 11 is 0. The summed E-state index contributed by atoms with van der Waals surface area (Å²) in [7, 11) is 0. The van der Waals surface area contributed by atoms with Gasteiger partial charge in [0.25, 0.3) is 5.91 Å². The molecule has 2 aliphatic rings. The number of nitrogens with zero attached hydrogens (tertiary/aromatic N) is 1. The van der Waals surface area contributed by atoms with Gasteiger partial charge in [-0.15, -0.1) is 0 Å². The van der Waals surface area contributed by atoms with Crippen LogP contribution in [-0.2, 0) is 14.4 Å². The third kappa shape index (κ3) is 6.13. The fourth-order valence-electron chi connectivity index (χ4n) is 3.19. The number of carbonyl (C=O) groups is 1. The maximum Gasteiger partial charge on any atom is 0.260 e. The fraction of sp³-hybridized carbons (Fsp3) is 0.600. The Labute approximate surface area is 160 Å². The summed E-state index contributed by atoms with van der Waals surface area (Å²) in [6, 6.07) is 5.55. The summed E-state index contributed by atoms with van der Waals surface area (Å²) in [5.41, 5.74) is 1.53. The van der Waals surface area contributed by atoms with Gasteiger partial charge in [-0.2, -0.15) is 0 Å². The lowest BCUT2D eigenvalue weighted by atomic mass is 9.98. The summed E-state index contributed by atoms with van der Waals surface area (Å²) in [5, 5.41) is 6.82. The minimum Gasteiger partial charge on any atom is -0.454 e. The lowest BCUT2D eigenvalue weighted by Gasteiger charge is -2.21. The van der Waals surface area contributed by atoms with Crippen LogP contribution in [0, 0.1) is 0 Å². The summed E-state index contributed by atoms with van der Waals surface area (Å²) < 4.78 is 16.5. The van der Waals surface area contributed by atoms with E-state index in [2.05, 4.69) is 10.5 Å². The molecule has 1 saturated carbocycles. The minimum absolute atomic E-state index is 0.106. The third-order valence-corrected chi connectivity index (χ3v) is 4.74. The molecule has 1 aromatic rings. The molecule has 0 saturated heterocycles. The van der Waals surface area contributed by atoms with Crippen molar-refractivity contribution in [2.45, 2.75) is 51.6 Å². The van der Waals surface area contributed by atoms with E-state index < -0.39 is 0 Å². The van der Waals surface area contributed by atoms with Crippen LogP contribution >= 0.6 is 0 Å². The highest BCUT2D eigenvalue weighted by atomic mass is 16.7. The number of hydrogen-bond acceptors (Lipinski definition) is 6. The van der Waals surface area contributed by atoms with E-state index in [1.54, 1.807) is 0 Å². The number of carbonyl (C=O) groups excluding carboxylic acids is 1.